The van der Waals surface area contributed by atoms with E-state index in [1.54, 1.807) is 0 Å². The molecule has 2 aliphatic carbocycles. The van der Waals surface area contributed by atoms with Crippen LogP contribution in [0.1, 0.15) is 41.3 Å². The summed E-state index contributed by atoms with van der Waals surface area (Å²) < 4.78 is 0. The fourth-order valence-corrected chi connectivity index (χ4v) is 3.85. The molecule has 0 spiro atoms. The lowest BCUT2D eigenvalue weighted by atomic mass is 9.92. The van der Waals surface area contributed by atoms with Gasteiger partial charge in [-0.2, -0.15) is 0 Å². The molecule has 2 aliphatic rings. The number of hydrogen-bond donors (Lipinski definition) is 2. The minimum atomic E-state index is -1.04. The predicted molar refractivity (Wildman–Crippen MR) is 74.5 cm³/mol. The molecule has 4 atom stereocenters. The number of amides is 1. The van der Waals surface area contributed by atoms with Crippen molar-refractivity contribution in [3.63, 3.8) is 0 Å². The molecular formula is C14H16N2O3S. The summed E-state index contributed by atoms with van der Waals surface area (Å²) in [5.74, 6) is 0.0136. The van der Waals surface area contributed by atoms with Gasteiger partial charge in [0.2, 0.25) is 5.91 Å². The number of fused-ring (bicyclic) bond motifs is 2. The highest BCUT2D eigenvalue weighted by Crippen LogP contribution is 2.43. The molecule has 0 aromatic carbocycles. The molecule has 1 fully saturated rings. The molecule has 4 unspecified atom stereocenters. The zero-order valence-corrected chi connectivity index (χ0v) is 11.9. The lowest BCUT2D eigenvalue weighted by Gasteiger charge is -2.20. The minimum Gasteiger partial charge on any atom is -0.476 e. The van der Waals surface area contributed by atoms with E-state index in [1.165, 1.54) is 16.7 Å². The first-order chi connectivity index (χ1) is 9.54. The number of allylic oxidation sites excluding steroid dienone is 2. The maximum absolute atomic E-state index is 12.3. The number of carboxylic acid groups (broad SMARTS) is 1. The summed E-state index contributed by atoms with van der Waals surface area (Å²) in [7, 11) is 0. The van der Waals surface area contributed by atoms with Gasteiger partial charge in [-0.1, -0.05) is 12.2 Å². The van der Waals surface area contributed by atoms with Crippen LogP contribution in [0.3, 0.4) is 0 Å². The van der Waals surface area contributed by atoms with Crippen LogP contribution >= 0.6 is 11.3 Å². The van der Waals surface area contributed by atoms with E-state index < -0.39 is 5.97 Å². The summed E-state index contributed by atoms with van der Waals surface area (Å²) in [6.07, 6.45) is 6.37. The van der Waals surface area contributed by atoms with Crippen molar-refractivity contribution in [2.24, 2.45) is 17.8 Å². The van der Waals surface area contributed by atoms with Crippen LogP contribution in [0, 0.1) is 17.8 Å². The Morgan fingerprint density at radius 2 is 2.25 bits per heavy atom. The van der Waals surface area contributed by atoms with E-state index in [4.69, 9.17) is 5.11 Å². The van der Waals surface area contributed by atoms with Crippen molar-refractivity contribution >= 4 is 23.2 Å². The first-order valence-electron chi connectivity index (χ1n) is 6.72. The number of thiazole rings is 1. The fraction of sp³-hybridized carbons (Fsp3) is 0.500. The van der Waals surface area contributed by atoms with Gasteiger partial charge in [0.15, 0.2) is 5.69 Å². The number of hydrogen-bond acceptors (Lipinski definition) is 4. The molecule has 106 valence electrons. The van der Waals surface area contributed by atoms with Gasteiger partial charge in [0.25, 0.3) is 0 Å². The van der Waals surface area contributed by atoms with Crippen LogP contribution in [-0.4, -0.2) is 22.0 Å². The molecule has 0 aliphatic heterocycles. The van der Waals surface area contributed by atoms with E-state index in [-0.39, 0.29) is 23.6 Å². The van der Waals surface area contributed by atoms with Gasteiger partial charge < -0.3 is 10.4 Å². The number of carboxylic acids is 1. The SMILES string of the molecule is CC(NC(=O)C1CC2C=CC1C2)c1nc(C(=O)O)cs1. The molecule has 0 radical (unpaired) electrons. The van der Waals surface area contributed by atoms with Crippen LogP contribution in [0.25, 0.3) is 0 Å². The highest BCUT2D eigenvalue weighted by Gasteiger charge is 2.40. The number of carbonyl (C=O) groups is 2. The molecule has 2 bridgehead atoms. The largest absolute Gasteiger partial charge is 0.476 e. The Morgan fingerprint density at radius 3 is 2.80 bits per heavy atom. The van der Waals surface area contributed by atoms with Crippen molar-refractivity contribution < 1.29 is 14.7 Å². The van der Waals surface area contributed by atoms with Gasteiger partial charge >= 0.3 is 5.97 Å². The summed E-state index contributed by atoms with van der Waals surface area (Å²) in [6.45, 7) is 1.84. The lowest BCUT2D eigenvalue weighted by molar-refractivity contribution is -0.126. The first-order valence-corrected chi connectivity index (χ1v) is 7.60. The molecule has 1 amide bonds. The Balaban J connectivity index is 1.63. The minimum absolute atomic E-state index is 0.0361. The molecular weight excluding hydrogens is 276 g/mol. The Morgan fingerprint density at radius 1 is 1.45 bits per heavy atom. The van der Waals surface area contributed by atoms with Gasteiger partial charge in [-0.25, -0.2) is 9.78 Å². The van der Waals surface area contributed by atoms with Crippen molar-refractivity contribution in [1.82, 2.24) is 10.3 Å². The number of rotatable bonds is 4. The maximum Gasteiger partial charge on any atom is 0.355 e. The Labute approximate surface area is 120 Å². The Bertz CT molecular complexity index is 581. The Hall–Kier alpha value is -1.69. The van der Waals surface area contributed by atoms with E-state index in [0.717, 1.165) is 12.8 Å². The van der Waals surface area contributed by atoms with E-state index in [1.807, 2.05) is 6.92 Å². The van der Waals surface area contributed by atoms with E-state index >= 15 is 0 Å². The molecule has 6 heteroatoms. The first kappa shape index (κ1) is 13.3. The zero-order valence-electron chi connectivity index (χ0n) is 11.1. The van der Waals surface area contributed by atoms with Gasteiger partial charge in [0, 0.05) is 11.3 Å². The second-order valence-electron chi connectivity index (χ2n) is 5.49. The molecule has 2 N–H and O–H groups in total. The van der Waals surface area contributed by atoms with Crippen LogP contribution in [0.2, 0.25) is 0 Å². The van der Waals surface area contributed by atoms with E-state index in [9.17, 15) is 9.59 Å². The van der Waals surface area contributed by atoms with Gasteiger partial charge in [-0.05, 0) is 31.6 Å². The molecule has 5 nitrogen and oxygen atoms in total. The molecule has 0 saturated heterocycles. The number of nitrogens with zero attached hydrogens (tertiary/aromatic N) is 1. The third-order valence-corrected chi connectivity index (χ3v) is 5.11. The second-order valence-corrected chi connectivity index (χ2v) is 6.38. The zero-order chi connectivity index (χ0) is 14.3. The van der Waals surface area contributed by atoms with Crippen molar-refractivity contribution in [2.75, 3.05) is 0 Å². The lowest BCUT2D eigenvalue weighted by Crippen LogP contribution is -2.34. The van der Waals surface area contributed by atoms with Crippen molar-refractivity contribution in [1.29, 1.82) is 0 Å². The number of carbonyl (C=O) groups excluding carboxylic acids is 1. The molecule has 1 saturated carbocycles. The Kier molecular flexibility index (Phi) is 3.33. The molecule has 20 heavy (non-hydrogen) atoms. The summed E-state index contributed by atoms with van der Waals surface area (Å²) in [5.41, 5.74) is 0.0361. The van der Waals surface area contributed by atoms with Crippen molar-refractivity contribution in [3.8, 4) is 0 Å². The monoisotopic (exact) mass is 292 g/mol. The highest BCUT2D eigenvalue weighted by molar-refractivity contribution is 7.09. The third-order valence-electron chi connectivity index (χ3n) is 4.09. The standard InChI is InChI=1S/C14H16N2O3S/c1-7(13-16-11(6-20-13)14(18)19)15-12(17)10-5-8-2-3-9(10)4-8/h2-3,6-10H,4-5H2,1H3,(H,15,17)(H,18,19). The highest BCUT2D eigenvalue weighted by atomic mass is 32.1. The summed E-state index contributed by atoms with van der Waals surface area (Å²) in [4.78, 5) is 27.1. The second kappa shape index (κ2) is 5.01. The van der Waals surface area contributed by atoms with Gasteiger partial charge in [0.1, 0.15) is 5.01 Å². The van der Waals surface area contributed by atoms with Crippen LogP contribution in [0.15, 0.2) is 17.5 Å². The van der Waals surface area contributed by atoms with Gasteiger partial charge in [0.05, 0.1) is 6.04 Å². The van der Waals surface area contributed by atoms with Crippen LogP contribution in [-0.2, 0) is 4.79 Å². The van der Waals surface area contributed by atoms with Crippen molar-refractivity contribution in [3.05, 3.63) is 28.2 Å². The van der Waals surface area contributed by atoms with Gasteiger partial charge in [-0.15, -0.1) is 11.3 Å². The van der Waals surface area contributed by atoms with Gasteiger partial charge in [-0.3, -0.25) is 4.79 Å². The average molecular weight is 292 g/mol. The quantitative estimate of drug-likeness (QED) is 0.834. The summed E-state index contributed by atoms with van der Waals surface area (Å²) in [5, 5.41) is 13.9. The third kappa shape index (κ3) is 2.35. The predicted octanol–water partition coefficient (Wildman–Crippen LogP) is 2.23. The van der Waals surface area contributed by atoms with E-state index in [2.05, 4.69) is 22.5 Å². The van der Waals surface area contributed by atoms with Crippen LogP contribution in [0.4, 0.5) is 0 Å². The van der Waals surface area contributed by atoms with Crippen LogP contribution < -0.4 is 5.32 Å². The number of nitrogens with one attached hydrogen (secondary N) is 1. The fourth-order valence-electron chi connectivity index (χ4n) is 3.05. The van der Waals surface area contributed by atoms with Crippen molar-refractivity contribution in [2.45, 2.75) is 25.8 Å². The molecule has 1 aromatic rings. The number of aromatic nitrogens is 1. The van der Waals surface area contributed by atoms with Crippen LogP contribution in [0.5, 0.6) is 0 Å². The number of aromatic carboxylic acids is 1. The van der Waals surface area contributed by atoms with E-state index in [0.29, 0.717) is 16.8 Å². The maximum atomic E-state index is 12.3. The summed E-state index contributed by atoms with van der Waals surface area (Å²) >= 11 is 1.27. The normalized spacial score (nSPS) is 28.6. The molecule has 1 heterocycles. The molecule has 1 aromatic heterocycles. The summed E-state index contributed by atoms with van der Waals surface area (Å²) in [6, 6.07) is -0.247. The molecule has 3 rings (SSSR count). The smallest absolute Gasteiger partial charge is 0.355 e. The average Bonchev–Trinajstić information content (AvgIpc) is 3.14. The topological polar surface area (TPSA) is 79.3 Å².